The highest BCUT2D eigenvalue weighted by Gasteiger charge is 2.49. The summed E-state index contributed by atoms with van der Waals surface area (Å²) in [6.07, 6.45) is -0.650. The predicted octanol–water partition coefficient (Wildman–Crippen LogP) is 3.48. The Labute approximate surface area is 158 Å². The van der Waals surface area contributed by atoms with Crippen molar-refractivity contribution < 1.29 is 18.0 Å². The summed E-state index contributed by atoms with van der Waals surface area (Å²) in [4.78, 5) is 21.3. The molecule has 3 aromatic heterocycles. The minimum atomic E-state index is -4.48. The maximum Gasteiger partial charge on any atom is 0.408 e. The molecular formula is C19H18F3N5O. The van der Waals surface area contributed by atoms with Crippen LogP contribution in [-0.2, 0) is 0 Å². The van der Waals surface area contributed by atoms with Gasteiger partial charge >= 0.3 is 6.18 Å². The molecule has 28 heavy (non-hydrogen) atoms. The average Bonchev–Trinajstić information content (AvgIpc) is 3.37. The van der Waals surface area contributed by atoms with Crippen molar-refractivity contribution >= 4 is 11.6 Å². The Balaban J connectivity index is 1.71. The molecule has 0 aliphatic heterocycles. The Hall–Kier alpha value is -2.97. The number of nitrogens with zero attached hydrogens (tertiary/aromatic N) is 4. The third kappa shape index (κ3) is 3.44. The van der Waals surface area contributed by atoms with Gasteiger partial charge in [-0.3, -0.25) is 9.78 Å². The van der Waals surface area contributed by atoms with Gasteiger partial charge < -0.3 is 5.32 Å². The van der Waals surface area contributed by atoms with E-state index in [2.05, 4.69) is 20.4 Å². The molecule has 6 nitrogen and oxygen atoms in total. The van der Waals surface area contributed by atoms with E-state index in [4.69, 9.17) is 0 Å². The standard InChI is InChI=1S/C19H18F3N5O/c1-10-3-4-13(8-23-10)15-7-11(2)27-17(25-15)14(9-24-27)18(28)26-16(12-5-6-12)19(20,21)22/h3-4,7-9,12,16H,5-6H2,1-2H3,(H,26,28)/t16-/m0/s1. The van der Waals surface area contributed by atoms with Crippen molar-refractivity contribution in [3.63, 3.8) is 0 Å². The molecule has 0 spiro atoms. The van der Waals surface area contributed by atoms with Gasteiger partial charge in [-0.1, -0.05) is 0 Å². The summed E-state index contributed by atoms with van der Waals surface area (Å²) in [6, 6.07) is 3.63. The van der Waals surface area contributed by atoms with Crippen molar-refractivity contribution in [3.8, 4) is 11.3 Å². The topological polar surface area (TPSA) is 72.2 Å². The lowest BCUT2D eigenvalue weighted by molar-refractivity contribution is -0.158. The van der Waals surface area contributed by atoms with E-state index >= 15 is 0 Å². The SMILES string of the molecule is Cc1ccc(-c2cc(C)n3ncc(C(=O)N[C@@H](C4CC4)C(F)(F)F)c3n2)cn1. The number of hydrogen-bond donors (Lipinski definition) is 1. The van der Waals surface area contributed by atoms with Crippen LogP contribution in [0.4, 0.5) is 13.2 Å². The fraction of sp³-hybridized carbons (Fsp3) is 0.368. The highest BCUT2D eigenvalue weighted by Crippen LogP contribution is 2.40. The summed E-state index contributed by atoms with van der Waals surface area (Å²) in [5.74, 6) is -1.38. The van der Waals surface area contributed by atoms with Gasteiger partial charge in [0.05, 0.1) is 11.9 Å². The van der Waals surface area contributed by atoms with E-state index in [1.165, 1.54) is 10.7 Å². The monoisotopic (exact) mass is 389 g/mol. The lowest BCUT2D eigenvalue weighted by Crippen LogP contribution is -2.46. The molecule has 1 fully saturated rings. The minimum absolute atomic E-state index is 0.0138. The first-order valence-electron chi connectivity index (χ1n) is 8.90. The molecule has 1 N–H and O–H groups in total. The number of fused-ring (bicyclic) bond motifs is 1. The number of pyridine rings is 1. The van der Waals surface area contributed by atoms with Gasteiger partial charge in [-0.2, -0.15) is 18.3 Å². The normalized spacial score (nSPS) is 15.6. The number of nitrogens with one attached hydrogen (secondary N) is 1. The van der Waals surface area contributed by atoms with Gasteiger partial charge in [-0.15, -0.1) is 0 Å². The molecule has 0 saturated heterocycles. The maximum atomic E-state index is 13.3. The molecule has 1 amide bonds. The van der Waals surface area contributed by atoms with Crippen LogP contribution in [0.1, 0.15) is 34.6 Å². The molecule has 1 saturated carbocycles. The van der Waals surface area contributed by atoms with E-state index < -0.39 is 24.0 Å². The first kappa shape index (κ1) is 18.4. The quantitative estimate of drug-likeness (QED) is 0.742. The molecular weight excluding hydrogens is 371 g/mol. The van der Waals surface area contributed by atoms with E-state index in [0.717, 1.165) is 11.3 Å². The number of alkyl halides is 3. The van der Waals surface area contributed by atoms with E-state index in [9.17, 15) is 18.0 Å². The Morgan fingerprint density at radius 3 is 2.61 bits per heavy atom. The van der Waals surface area contributed by atoms with Crippen molar-refractivity contribution in [2.75, 3.05) is 0 Å². The van der Waals surface area contributed by atoms with Crippen LogP contribution < -0.4 is 5.32 Å². The highest BCUT2D eigenvalue weighted by molar-refractivity contribution is 6.00. The number of amides is 1. The summed E-state index contributed by atoms with van der Waals surface area (Å²) in [5.41, 5.74) is 3.10. The van der Waals surface area contributed by atoms with Gasteiger partial charge in [-0.05, 0) is 50.8 Å². The molecule has 3 heterocycles. The number of aromatic nitrogens is 4. The number of halogens is 3. The summed E-state index contributed by atoms with van der Waals surface area (Å²) >= 11 is 0. The second-order valence-corrected chi connectivity index (χ2v) is 7.09. The summed E-state index contributed by atoms with van der Waals surface area (Å²) in [6.45, 7) is 3.65. The first-order valence-corrected chi connectivity index (χ1v) is 8.90. The molecule has 0 radical (unpaired) electrons. The molecule has 3 aromatic rings. The molecule has 0 aromatic carbocycles. The lowest BCUT2D eigenvalue weighted by atomic mass is 10.1. The Morgan fingerprint density at radius 1 is 1.25 bits per heavy atom. The third-order valence-corrected chi connectivity index (χ3v) is 4.83. The van der Waals surface area contributed by atoms with Crippen molar-refractivity contribution in [1.29, 1.82) is 0 Å². The lowest BCUT2D eigenvalue weighted by Gasteiger charge is -2.20. The van der Waals surface area contributed by atoms with Gasteiger partial charge in [0, 0.05) is 23.1 Å². The maximum absolute atomic E-state index is 13.3. The fourth-order valence-electron chi connectivity index (χ4n) is 3.16. The van der Waals surface area contributed by atoms with Crippen LogP contribution in [0.15, 0.2) is 30.6 Å². The van der Waals surface area contributed by atoms with E-state index in [1.54, 1.807) is 19.2 Å². The molecule has 1 aliphatic carbocycles. The van der Waals surface area contributed by atoms with Crippen LogP contribution >= 0.6 is 0 Å². The number of aryl methyl sites for hydroxylation is 2. The van der Waals surface area contributed by atoms with Crippen LogP contribution in [0.5, 0.6) is 0 Å². The van der Waals surface area contributed by atoms with Crippen LogP contribution in [0, 0.1) is 19.8 Å². The molecule has 146 valence electrons. The number of carbonyl (C=O) groups excluding carboxylic acids is 1. The second-order valence-electron chi connectivity index (χ2n) is 7.09. The molecule has 1 aliphatic rings. The van der Waals surface area contributed by atoms with Crippen LogP contribution in [0.3, 0.4) is 0 Å². The van der Waals surface area contributed by atoms with Crippen molar-refractivity contribution in [2.24, 2.45) is 5.92 Å². The average molecular weight is 389 g/mol. The first-order chi connectivity index (χ1) is 13.2. The Bertz CT molecular complexity index is 1040. The Kier molecular flexibility index (Phi) is 4.32. The van der Waals surface area contributed by atoms with E-state index in [-0.39, 0.29) is 11.2 Å². The summed E-state index contributed by atoms with van der Waals surface area (Å²) in [5, 5.41) is 6.24. The van der Waals surface area contributed by atoms with Gasteiger partial charge in [0.25, 0.3) is 5.91 Å². The van der Waals surface area contributed by atoms with E-state index in [1.807, 2.05) is 19.1 Å². The zero-order valence-corrected chi connectivity index (χ0v) is 15.3. The minimum Gasteiger partial charge on any atom is -0.340 e. The number of hydrogen-bond acceptors (Lipinski definition) is 4. The number of rotatable bonds is 4. The second kappa shape index (κ2) is 6.57. The zero-order chi connectivity index (χ0) is 20.1. The smallest absolute Gasteiger partial charge is 0.340 e. The van der Waals surface area contributed by atoms with Gasteiger partial charge in [0.1, 0.15) is 11.6 Å². The molecule has 0 unspecified atom stereocenters. The highest BCUT2D eigenvalue weighted by atomic mass is 19.4. The zero-order valence-electron chi connectivity index (χ0n) is 15.3. The number of carbonyl (C=O) groups is 1. The summed E-state index contributed by atoms with van der Waals surface area (Å²) in [7, 11) is 0. The van der Waals surface area contributed by atoms with Gasteiger partial charge in [0.2, 0.25) is 0 Å². The molecule has 4 rings (SSSR count). The van der Waals surface area contributed by atoms with Crippen molar-refractivity contribution in [1.82, 2.24) is 24.9 Å². The van der Waals surface area contributed by atoms with Crippen LogP contribution in [0.25, 0.3) is 16.9 Å². The van der Waals surface area contributed by atoms with Crippen LogP contribution in [-0.4, -0.2) is 37.7 Å². The molecule has 0 bridgehead atoms. The third-order valence-electron chi connectivity index (χ3n) is 4.83. The molecule has 1 atom stereocenters. The van der Waals surface area contributed by atoms with E-state index in [0.29, 0.717) is 24.2 Å². The Morgan fingerprint density at radius 2 is 2.00 bits per heavy atom. The fourth-order valence-corrected chi connectivity index (χ4v) is 3.16. The van der Waals surface area contributed by atoms with Crippen molar-refractivity contribution in [3.05, 3.63) is 47.5 Å². The molecule has 9 heteroatoms. The van der Waals surface area contributed by atoms with Gasteiger partial charge in [-0.25, -0.2) is 9.50 Å². The van der Waals surface area contributed by atoms with Crippen LogP contribution in [0.2, 0.25) is 0 Å². The van der Waals surface area contributed by atoms with Gasteiger partial charge in [0.15, 0.2) is 5.65 Å². The van der Waals surface area contributed by atoms with Crippen molar-refractivity contribution in [2.45, 2.75) is 38.9 Å². The largest absolute Gasteiger partial charge is 0.408 e. The predicted molar refractivity (Wildman–Crippen MR) is 95.7 cm³/mol. The summed E-state index contributed by atoms with van der Waals surface area (Å²) < 4.78 is 41.2.